The van der Waals surface area contributed by atoms with Gasteiger partial charge in [-0.2, -0.15) is 0 Å². The van der Waals surface area contributed by atoms with Gasteiger partial charge in [0.1, 0.15) is 0 Å². The van der Waals surface area contributed by atoms with Gasteiger partial charge < -0.3 is 10.1 Å². The molecule has 0 amide bonds. The maximum atomic E-state index is 5.36. The Labute approximate surface area is 81.0 Å². The molecule has 1 atom stereocenters. The molecule has 0 bridgehead atoms. The van der Waals surface area contributed by atoms with E-state index in [1.165, 1.54) is 32.2 Å². The van der Waals surface area contributed by atoms with Gasteiger partial charge in [0, 0.05) is 19.3 Å². The van der Waals surface area contributed by atoms with Crippen LogP contribution in [0, 0.1) is 11.8 Å². The van der Waals surface area contributed by atoms with E-state index in [0.29, 0.717) is 6.04 Å². The SMILES string of the molecule is CC(NCC1CC1)C1CCOCC1. The molecule has 1 unspecified atom stereocenters. The summed E-state index contributed by atoms with van der Waals surface area (Å²) < 4.78 is 5.36. The van der Waals surface area contributed by atoms with Crippen molar-refractivity contribution in [3.05, 3.63) is 0 Å². The van der Waals surface area contributed by atoms with E-state index in [2.05, 4.69) is 12.2 Å². The van der Waals surface area contributed by atoms with E-state index in [4.69, 9.17) is 4.74 Å². The largest absolute Gasteiger partial charge is 0.381 e. The van der Waals surface area contributed by atoms with E-state index in [9.17, 15) is 0 Å². The number of hydrogen-bond acceptors (Lipinski definition) is 2. The van der Waals surface area contributed by atoms with Crippen molar-refractivity contribution >= 4 is 0 Å². The lowest BCUT2D eigenvalue weighted by Crippen LogP contribution is -2.37. The lowest BCUT2D eigenvalue weighted by atomic mass is 9.93. The standard InChI is InChI=1S/C11H21NO/c1-9(12-8-10-2-3-10)11-4-6-13-7-5-11/h9-12H,2-8H2,1H3. The predicted molar refractivity (Wildman–Crippen MR) is 53.7 cm³/mol. The van der Waals surface area contributed by atoms with E-state index >= 15 is 0 Å². The fourth-order valence-electron chi connectivity index (χ4n) is 2.06. The molecule has 2 rings (SSSR count). The molecule has 0 aromatic heterocycles. The second kappa shape index (κ2) is 4.43. The van der Waals surface area contributed by atoms with E-state index in [1.54, 1.807) is 0 Å². The summed E-state index contributed by atoms with van der Waals surface area (Å²) in [5.41, 5.74) is 0. The predicted octanol–water partition coefficient (Wildman–Crippen LogP) is 1.80. The fraction of sp³-hybridized carbons (Fsp3) is 1.00. The number of hydrogen-bond donors (Lipinski definition) is 1. The third-order valence-electron chi connectivity index (χ3n) is 3.40. The van der Waals surface area contributed by atoms with Crippen LogP contribution in [0.1, 0.15) is 32.6 Å². The first-order chi connectivity index (χ1) is 6.36. The minimum atomic E-state index is 0.699. The van der Waals surface area contributed by atoms with Gasteiger partial charge in [0.15, 0.2) is 0 Å². The summed E-state index contributed by atoms with van der Waals surface area (Å²) in [5, 5.41) is 3.66. The molecule has 0 radical (unpaired) electrons. The molecule has 2 aliphatic rings. The van der Waals surface area contributed by atoms with Crippen LogP contribution in [-0.4, -0.2) is 25.8 Å². The van der Waals surface area contributed by atoms with Gasteiger partial charge in [-0.25, -0.2) is 0 Å². The van der Waals surface area contributed by atoms with Crippen LogP contribution in [-0.2, 0) is 4.74 Å². The third kappa shape index (κ3) is 2.96. The van der Waals surface area contributed by atoms with Crippen molar-refractivity contribution in [2.75, 3.05) is 19.8 Å². The van der Waals surface area contributed by atoms with Crippen LogP contribution in [0.4, 0.5) is 0 Å². The van der Waals surface area contributed by atoms with Crippen molar-refractivity contribution in [1.82, 2.24) is 5.32 Å². The Morgan fingerprint density at radius 2 is 1.92 bits per heavy atom. The van der Waals surface area contributed by atoms with Crippen molar-refractivity contribution in [3.63, 3.8) is 0 Å². The van der Waals surface area contributed by atoms with Crippen LogP contribution in [0.2, 0.25) is 0 Å². The van der Waals surface area contributed by atoms with Crippen LogP contribution < -0.4 is 5.32 Å². The Balaban J connectivity index is 1.64. The zero-order valence-corrected chi connectivity index (χ0v) is 8.59. The molecule has 0 aromatic rings. The highest BCUT2D eigenvalue weighted by atomic mass is 16.5. The molecule has 76 valence electrons. The van der Waals surface area contributed by atoms with Gasteiger partial charge in [-0.3, -0.25) is 0 Å². The highest BCUT2D eigenvalue weighted by Crippen LogP contribution is 2.28. The van der Waals surface area contributed by atoms with Crippen LogP contribution in [0.3, 0.4) is 0 Å². The van der Waals surface area contributed by atoms with Crippen molar-refractivity contribution < 1.29 is 4.74 Å². The number of rotatable bonds is 4. The van der Waals surface area contributed by atoms with Crippen molar-refractivity contribution in [3.8, 4) is 0 Å². The molecule has 0 spiro atoms. The van der Waals surface area contributed by atoms with Crippen LogP contribution in [0.15, 0.2) is 0 Å². The Bertz CT molecular complexity index is 150. The average Bonchev–Trinajstić information content (AvgIpc) is 2.99. The first-order valence-corrected chi connectivity index (χ1v) is 5.67. The second-order valence-corrected chi connectivity index (χ2v) is 4.59. The van der Waals surface area contributed by atoms with Gasteiger partial charge in [0.25, 0.3) is 0 Å². The van der Waals surface area contributed by atoms with Crippen molar-refractivity contribution in [2.24, 2.45) is 11.8 Å². The molecule has 1 aliphatic carbocycles. The molecule has 1 heterocycles. The molecular formula is C11H21NO. The van der Waals surface area contributed by atoms with Gasteiger partial charge in [0.2, 0.25) is 0 Å². The fourth-order valence-corrected chi connectivity index (χ4v) is 2.06. The minimum Gasteiger partial charge on any atom is -0.381 e. The van der Waals surface area contributed by atoms with E-state index < -0.39 is 0 Å². The van der Waals surface area contributed by atoms with Gasteiger partial charge in [-0.15, -0.1) is 0 Å². The minimum absolute atomic E-state index is 0.699. The number of ether oxygens (including phenoxy) is 1. The molecule has 13 heavy (non-hydrogen) atoms. The summed E-state index contributed by atoms with van der Waals surface area (Å²) in [5.74, 6) is 1.86. The summed E-state index contributed by atoms with van der Waals surface area (Å²) in [6, 6.07) is 0.699. The van der Waals surface area contributed by atoms with Gasteiger partial charge in [-0.05, 0) is 51.0 Å². The molecule has 1 saturated carbocycles. The van der Waals surface area contributed by atoms with E-state index in [-0.39, 0.29) is 0 Å². The highest BCUT2D eigenvalue weighted by molar-refractivity contribution is 4.80. The lowest BCUT2D eigenvalue weighted by molar-refractivity contribution is 0.0559. The normalized spacial score (nSPS) is 27.5. The average molecular weight is 183 g/mol. The Hall–Kier alpha value is -0.0800. The molecule has 2 nitrogen and oxygen atoms in total. The summed E-state index contributed by atoms with van der Waals surface area (Å²) in [4.78, 5) is 0. The number of nitrogens with one attached hydrogen (secondary N) is 1. The maximum Gasteiger partial charge on any atom is 0.0469 e. The molecular weight excluding hydrogens is 162 g/mol. The summed E-state index contributed by atoms with van der Waals surface area (Å²) in [6.07, 6.45) is 5.40. The van der Waals surface area contributed by atoms with Crippen LogP contribution >= 0.6 is 0 Å². The quantitative estimate of drug-likeness (QED) is 0.717. The van der Waals surface area contributed by atoms with Crippen molar-refractivity contribution in [2.45, 2.75) is 38.6 Å². The first-order valence-electron chi connectivity index (χ1n) is 5.67. The maximum absolute atomic E-state index is 5.36. The summed E-state index contributed by atoms with van der Waals surface area (Å²) >= 11 is 0. The van der Waals surface area contributed by atoms with Crippen LogP contribution in [0.25, 0.3) is 0 Å². The molecule has 0 aromatic carbocycles. The van der Waals surface area contributed by atoms with Crippen molar-refractivity contribution in [1.29, 1.82) is 0 Å². The zero-order chi connectivity index (χ0) is 9.10. The zero-order valence-electron chi connectivity index (χ0n) is 8.59. The third-order valence-corrected chi connectivity index (χ3v) is 3.40. The summed E-state index contributed by atoms with van der Waals surface area (Å²) in [7, 11) is 0. The van der Waals surface area contributed by atoms with E-state index in [0.717, 1.165) is 25.0 Å². The topological polar surface area (TPSA) is 21.3 Å². The Morgan fingerprint density at radius 1 is 1.23 bits per heavy atom. The second-order valence-electron chi connectivity index (χ2n) is 4.59. The highest BCUT2D eigenvalue weighted by Gasteiger charge is 2.24. The molecule has 1 aliphatic heterocycles. The summed E-state index contributed by atoms with van der Waals surface area (Å²) in [6.45, 7) is 5.52. The van der Waals surface area contributed by atoms with E-state index in [1.807, 2.05) is 0 Å². The molecule has 2 heteroatoms. The van der Waals surface area contributed by atoms with Gasteiger partial charge >= 0.3 is 0 Å². The van der Waals surface area contributed by atoms with Gasteiger partial charge in [0.05, 0.1) is 0 Å². The molecule has 2 fully saturated rings. The van der Waals surface area contributed by atoms with Gasteiger partial charge in [-0.1, -0.05) is 0 Å². The Kier molecular flexibility index (Phi) is 3.23. The first kappa shape index (κ1) is 9.47. The Morgan fingerprint density at radius 3 is 2.54 bits per heavy atom. The lowest BCUT2D eigenvalue weighted by Gasteiger charge is -2.28. The molecule has 1 saturated heterocycles. The monoisotopic (exact) mass is 183 g/mol. The molecule has 1 N–H and O–H groups in total. The smallest absolute Gasteiger partial charge is 0.0469 e. The van der Waals surface area contributed by atoms with Crippen LogP contribution in [0.5, 0.6) is 0 Å².